The molecule has 0 atom stereocenters. The number of hydrogen-bond donors (Lipinski definition) is 3. The lowest BCUT2D eigenvalue weighted by molar-refractivity contribution is -0.880. The maximum absolute atomic E-state index is 11.6. The number of nitrogens with two attached hydrogens (primary N) is 1. The van der Waals surface area contributed by atoms with Gasteiger partial charge in [-0.2, -0.15) is 0 Å². The molecular weight excluding hydrogens is 250 g/mol. The number of aromatic amines is 1. The van der Waals surface area contributed by atoms with Crippen LogP contribution in [0.15, 0.2) is 18.2 Å². The van der Waals surface area contributed by atoms with E-state index in [9.17, 15) is 10.1 Å². The number of ether oxygens (including phenoxy) is 1. The van der Waals surface area contributed by atoms with E-state index >= 15 is 0 Å². The third kappa shape index (κ3) is 2.74. The highest BCUT2D eigenvalue weighted by Crippen LogP contribution is 2.15. The summed E-state index contributed by atoms with van der Waals surface area (Å²) in [5, 5.41) is 12.0. The molecule has 2 rings (SSSR count). The predicted molar refractivity (Wildman–Crippen MR) is 67.5 cm³/mol. The van der Waals surface area contributed by atoms with Crippen LogP contribution in [0.25, 0.3) is 11.0 Å². The molecule has 0 saturated heterocycles. The second-order valence-electron chi connectivity index (χ2n) is 4.41. The van der Waals surface area contributed by atoms with E-state index in [2.05, 4.69) is 5.10 Å². The van der Waals surface area contributed by atoms with Crippen LogP contribution in [0.1, 0.15) is 0 Å². The van der Waals surface area contributed by atoms with Crippen molar-refractivity contribution in [3.8, 4) is 5.75 Å². The minimum absolute atomic E-state index is 0.159. The highest BCUT2D eigenvalue weighted by molar-refractivity contribution is 5.69. The van der Waals surface area contributed by atoms with Gasteiger partial charge in [0.2, 0.25) is 10.1 Å². The molecule has 1 heterocycles. The van der Waals surface area contributed by atoms with Gasteiger partial charge in [0.25, 0.3) is 0 Å². The van der Waals surface area contributed by atoms with Crippen molar-refractivity contribution < 1.29 is 19.2 Å². The predicted octanol–water partition coefficient (Wildman–Crippen LogP) is -0.870. The molecular formula is C11H17N5O3+2. The quantitative estimate of drug-likeness (QED) is 0.494. The summed E-state index contributed by atoms with van der Waals surface area (Å²) in [5.74, 6) is 0.399. The van der Waals surface area contributed by atoms with Gasteiger partial charge in [-0.25, -0.2) is 0 Å². The Kier molecular flexibility index (Phi) is 3.52. The summed E-state index contributed by atoms with van der Waals surface area (Å²) in [7, 11) is 3.89. The van der Waals surface area contributed by atoms with Gasteiger partial charge in [0, 0.05) is 23.8 Å². The van der Waals surface area contributed by atoms with Gasteiger partial charge in [-0.05, 0) is 24.9 Å². The van der Waals surface area contributed by atoms with Crippen LogP contribution in [0.4, 0.5) is 5.95 Å². The van der Waals surface area contributed by atoms with Gasteiger partial charge in [-0.15, -0.1) is 0 Å². The highest BCUT2D eigenvalue weighted by atomic mass is 16.5. The van der Waals surface area contributed by atoms with Crippen LogP contribution < -0.4 is 19.7 Å². The molecule has 0 unspecified atom stereocenters. The fraction of sp³-hybridized carbons (Fsp3) is 0.364. The Morgan fingerprint density at radius 3 is 2.84 bits per heavy atom. The number of likely N-dealkylation sites (N-methyl/N-ethyl adjacent to an activating group) is 1. The van der Waals surface area contributed by atoms with Crippen LogP contribution in [0, 0.1) is 4.91 Å². The van der Waals surface area contributed by atoms with E-state index in [0.29, 0.717) is 21.6 Å². The molecule has 102 valence electrons. The van der Waals surface area contributed by atoms with Crippen molar-refractivity contribution >= 4 is 17.0 Å². The zero-order valence-corrected chi connectivity index (χ0v) is 10.8. The zero-order chi connectivity index (χ0) is 14.0. The van der Waals surface area contributed by atoms with Crippen molar-refractivity contribution in [1.29, 1.82) is 0 Å². The van der Waals surface area contributed by atoms with Crippen molar-refractivity contribution in [2.75, 3.05) is 33.0 Å². The van der Waals surface area contributed by atoms with Gasteiger partial charge >= 0.3 is 11.5 Å². The van der Waals surface area contributed by atoms with Crippen LogP contribution >= 0.6 is 0 Å². The Labute approximate surface area is 109 Å². The van der Waals surface area contributed by atoms with E-state index in [1.165, 1.54) is 0 Å². The number of rotatable bonds is 4. The van der Waals surface area contributed by atoms with Gasteiger partial charge in [0.15, 0.2) is 0 Å². The van der Waals surface area contributed by atoms with Crippen molar-refractivity contribution in [1.82, 2.24) is 10.00 Å². The lowest BCUT2D eigenvalue weighted by Crippen LogP contribution is -2.42. The molecule has 19 heavy (non-hydrogen) atoms. The lowest BCUT2D eigenvalue weighted by Gasteiger charge is -2.10. The molecule has 0 saturated carbocycles. The second kappa shape index (κ2) is 5.11. The smallest absolute Gasteiger partial charge is 0.447 e. The first-order chi connectivity index (χ1) is 8.99. The number of aromatic nitrogens is 3. The van der Waals surface area contributed by atoms with Crippen molar-refractivity contribution in [2.45, 2.75) is 0 Å². The van der Waals surface area contributed by atoms with Gasteiger partial charge in [-0.3, -0.25) is 5.73 Å². The molecule has 8 nitrogen and oxygen atoms in total. The number of fused-ring (bicyclic) bond motifs is 1. The van der Waals surface area contributed by atoms with Crippen LogP contribution in [0.5, 0.6) is 5.75 Å². The standard InChI is InChI=1S/C11H16N5O3/c1-14(2)5-6-19-8-3-4-9-10(7-8)15(17)11(12)13-16(9)18/h3-4,7,17H,5-6H2,1-2H3,(H2,12,13,18)/q+1/p+1. The fourth-order valence-corrected chi connectivity index (χ4v) is 1.62. The first-order valence-electron chi connectivity index (χ1n) is 5.76. The molecule has 0 amide bonds. The monoisotopic (exact) mass is 267 g/mol. The van der Waals surface area contributed by atoms with E-state index in [4.69, 9.17) is 10.5 Å². The Morgan fingerprint density at radius 1 is 1.42 bits per heavy atom. The summed E-state index contributed by atoms with van der Waals surface area (Å²) in [6.45, 7) is 1.28. The summed E-state index contributed by atoms with van der Waals surface area (Å²) >= 11 is 0. The summed E-state index contributed by atoms with van der Waals surface area (Å²) in [5.41, 5.74) is 6.00. The molecule has 0 fully saturated rings. The average Bonchev–Trinajstić information content (AvgIpc) is 2.35. The van der Waals surface area contributed by atoms with Gasteiger partial charge in [0.05, 0.1) is 4.91 Å². The molecule has 8 heteroatoms. The van der Waals surface area contributed by atoms with Crippen molar-refractivity contribution in [3.63, 3.8) is 0 Å². The SMILES string of the molecule is CN(C)CCOc1ccc2c(c1)[n+](O)c(N)[nH][n+]2=O. The Morgan fingerprint density at radius 2 is 2.16 bits per heavy atom. The topological polar surface area (TPSA) is 101 Å². The summed E-state index contributed by atoms with van der Waals surface area (Å²) < 4.78 is 6.73. The lowest BCUT2D eigenvalue weighted by atomic mass is 10.3. The maximum Gasteiger partial charge on any atom is 0.447 e. The van der Waals surface area contributed by atoms with E-state index in [-0.39, 0.29) is 17.0 Å². The van der Waals surface area contributed by atoms with E-state index in [1.807, 2.05) is 19.0 Å². The Hall–Kier alpha value is -2.35. The molecule has 0 bridgehead atoms. The fourth-order valence-electron chi connectivity index (χ4n) is 1.62. The minimum atomic E-state index is -0.159. The third-order valence-corrected chi connectivity index (χ3v) is 2.65. The van der Waals surface area contributed by atoms with E-state index < -0.39 is 0 Å². The van der Waals surface area contributed by atoms with Crippen LogP contribution in [0.2, 0.25) is 0 Å². The first kappa shape index (κ1) is 13.1. The number of nitrogens with one attached hydrogen (secondary N) is 1. The maximum atomic E-state index is 11.6. The highest BCUT2D eigenvalue weighted by Gasteiger charge is 2.20. The van der Waals surface area contributed by atoms with Gasteiger partial charge in [0.1, 0.15) is 12.4 Å². The third-order valence-electron chi connectivity index (χ3n) is 2.65. The normalized spacial score (nSPS) is 11.1. The molecule has 1 aromatic heterocycles. The summed E-state index contributed by atoms with van der Waals surface area (Å²) in [6, 6.07) is 4.77. The molecule has 0 aliphatic carbocycles. The number of nitrogens with zero attached hydrogens (tertiary/aromatic N) is 3. The average molecular weight is 267 g/mol. The molecule has 2 aromatic rings. The van der Waals surface area contributed by atoms with Crippen LogP contribution in [-0.4, -0.2) is 42.5 Å². The second-order valence-corrected chi connectivity index (χ2v) is 4.41. The molecule has 1 aromatic carbocycles. The zero-order valence-electron chi connectivity index (χ0n) is 10.8. The first-order valence-corrected chi connectivity index (χ1v) is 5.76. The molecule has 0 spiro atoms. The Balaban J connectivity index is 2.34. The molecule has 4 N–H and O–H groups in total. The van der Waals surface area contributed by atoms with Crippen molar-refractivity contribution in [2.24, 2.45) is 0 Å². The van der Waals surface area contributed by atoms with E-state index in [1.54, 1.807) is 18.2 Å². The van der Waals surface area contributed by atoms with Gasteiger partial charge < -0.3 is 14.8 Å². The summed E-state index contributed by atoms with van der Waals surface area (Å²) in [6.07, 6.45) is 0. The van der Waals surface area contributed by atoms with Gasteiger partial charge in [-0.1, -0.05) is 0 Å². The largest absolute Gasteiger partial charge is 0.492 e. The molecule has 0 radical (unpaired) electrons. The number of hydrogen-bond acceptors (Lipinski definition) is 5. The van der Waals surface area contributed by atoms with Crippen LogP contribution in [-0.2, 0) is 0 Å². The van der Waals surface area contributed by atoms with E-state index in [0.717, 1.165) is 6.54 Å². The minimum Gasteiger partial charge on any atom is -0.492 e. The Bertz CT molecular complexity index is 653. The van der Waals surface area contributed by atoms with Crippen molar-refractivity contribution in [3.05, 3.63) is 23.1 Å². The number of H-pyrrole nitrogens is 1. The molecule has 0 aliphatic heterocycles. The van der Waals surface area contributed by atoms with Crippen LogP contribution in [0.3, 0.4) is 0 Å². The summed E-state index contributed by atoms with van der Waals surface area (Å²) in [4.78, 5) is 13.6. The molecule has 0 aliphatic rings. The number of nitrogen functional groups attached to an aromatic ring is 1. The number of benzene rings is 1. The number of anilines is 1.